The van der Waals surface area contributed by atoms with Gasteiger partial charge in [-0.3, -0.25) is 4.79 Å². The van der Waals surface area contributed by atoms with Gasteiger partial charge >= 0.3 is 0 Å². The Kier molecular flexibility index (Phi) is 51.3. The van der Waals surface area contributed by atoms with E-state index in [0.717, 1.165) is 83.5 Å². The summed E-state index contributed by atoms with van der Waals surface area (Å²) >= 11 is 0. The Balaban J connectivity index is 1.40. The number of allylic oxidation sites excluding steroid dienone is 10. The summed E-state index contributed by atoms with van der Waals surface area (Å²) in [5.41, 5.74) is 0. The van der Waals surface area contributed by atoms with Crippen LogP contribution in [0.5, 0.6) is 0 Å². The van der Waals surface area contributed by atoms with Gasteiger partial charge in [-0.05, 0) is 57.8 Å². The number of carbonyl (C=O) groups is 1. The van der Waals surface area contributed by atoms with Crippen LogP contribution >= 0.6 is 0 Å². The van der Waals surface area contributed by atoms with Crippen LogP contribution in [-0.4, -0.2) is 193 Å². The van der Waals surface area contributed by atoms with E-state index in [1.807, 2.05) is 0 Å². The van der Waals surface area contributed by atoms with Gasteiger partial charge in [-0.25, -0.2) is 0 Å². The lowest BCUT2D eigenvalue weighted by Crippen LogP contribution is -2.66. The largest absolute Gasteiger partial charge is 0.394 e. The van der Waals surface area contributed by atoms with Crippen LogP contribution in [0, 0.1) is 0 Å². The van der Waals surface area contributed by atoms with Gasteiger partial charge in [-0.15, -0.1) is 0 Å². The zero-order valence-corrected chi connectivity index (χ0v) is 58.2. The third-order valence-corrected chi connectivity index (χ3v) is 18.6. The molecule has 0 bridgehead atoms. The number of nitrogens with one attached hydrogen (secondary N) is 1. The van der Waals surface area contributed by atoms with Crippen LogP contribution in [-0.2, 0) is 33.2 Å². The van der Waals surface area contributed by atoms with Crippen molar-refractivity contribution in [3.63, 3.8) is 0 Å². The molecule has 0 saturated carbocycles. The number of hydrogen-bond acceptors (Lipinski definition) is 18. The number of amides is 1. The van der Waals surface area contributed by atoms with Crippen molar-refractivity contribution in [2.75, 3.05) is 26.4 Å². The number of hydrogen-bond donors (Lipinski definition) is 12. The highest BCUT2D eigenvalue weighted by Gasteiger charge is 2.53. The van der Waals surface area contributed by atoms with Gasteiger partial charge in [0.2, 0.25) is 5.91 Å². The van der Waals surface area contributed by atoms with Crippen molar-refractivity contribution in [1.29, 1.82) is 0 Å². The molecule has 0 radical (unpaired) electrons. The smallest absolute Gasteiger partial charge is 0.220 e. The van der Waals surface area contributed by atoms with E-state index < -0.39 is 124 Å². The van der Waals surface area contributed by atoms with E-state index in [-0.39, 0.29) is 18.9 Å². The lowest BCUT2D eigenvalue weighted by molar-refractivity contribution is -0.379. The molecule has 3 aliphatic heterocycles. The van der Waals surface area contributed by atoms with Gasteiger partial charge in [0.05, 0.1) is 38.6 Å². The number of carbonyl (C=O) groups excluding carboxylic acids is 1. The van der Waals surface area contributed by atoms with Gasteiger partial charge in [0, 0.05) is 6.42 Å². The molecule has 3 fully saturated rings. The van der Waals surface area contributed by atoms with Crippen molar-refractivity contribution in [3.05, 3.63) is 60.8 Å². The molecule has 12 N–H and O–H groups in total. The first-order valence-electron chi connectivity index (χ1n) is 37.5. The summed E-state index contributed by atoms with van der Waals surface area (Å²) in [6, 6.07) is -0.893. The normalized spacial score (nSPS) is 27.7. The summed E-state index contributed by atoms with van der Waals surface area (Å²) in [4.78, 5) is 13.5. The van der Waals surface area contributed by atoms with E-state index in [4.69, 9.17) is 28.4 Å². The lowest BCUT2D eigenvalue weighted by Gasteiger charge is -2.48. The molecule has 17 unspecified atom stereocenters. The molecule has 0 aliphatic carbocycles. The Bertz CT molecular complexity index is 1940. The third kappa shape index (κ3) is 37.1. The average molecular weight is 1340 g/mol. The number of aliphatic hydroxyl groups is 11. The van der Waals surface area contributed by atoms with Crippen molar-refractivity contribution in [3.8, 4) is 0 Å². The number of aliphatic hydroxyl groups excluding tert-OH is 11. The molecule has 94 heavy (non-hydrogen) atoms. The second-order valence-corrected chi connectivity index (χ2v) is 26.7. The summed E-state index contributed by atoms with van der Waals surface area (Å²) < 4.78 is 34.5. The zero-order valence-electron chi connectivity index (χ0n) is 58.2. The van der Waals surface area contributed by atoms with Crippen LogP contribution in [0.2, 0.25) is 0 Å². The predicted molar refractivity (Wildman–Crippen MR) is 369 cm³/mol. The van der Waals surface area contributed by atoms with Gasteiger partial charge in [0.15, 0.2) is 18.9 Å². The zero-order chi connectivity index (χ0) is 68.2. The standard InChI is InChI=1S/C75H135NO18/c1-3-5-7-9-11-13-15-17-19-21-23-25-27-28-29-30-31-33-35-37-39-41-43-45-47-49-51-53-63(81)76-58(59(80)52-50-48-46-44-42-40-38-36-34-32-26-24-22-20-18-16-14-12-10-8-6-4-2)57-89-73-69(87)66(84)71(61(55-78)91-73)94-75-70(88)67(85)72(62(56-79)92-75)93-74-68(86)65(83)64(82)60(54-77)90-74/h5,7,11,13,17,19,23,25,28-29,58-62,64-75,77-80,82-88H,3-4,6,8-10,12,14-16,18,20-22,24,26-27,30-57H2,1-2H3,(H,76,81)/b7-5-,13-11-,19-17-,25-23-,29-28-. The molecule has 1 amide bonds. The highest BCUT2D eigenvalue weighted by molar-refractivity contribution is 5.76. The van der Waals surface area contributed by atoms with Gasteiger partial charge in [0.25, 0.3) is 0 Å². The third-order valence-electron chi connectivity index (χ3n) is 18.6. The molecular weight excluding hydrogens is 1200 g/mol. The maximum Gasteiger partial charge on any atom is 0.220 e. The van der Waals surface area contributed by atoms with Gasteiger partial charge < -0.3 is 89.9 Å². The fourth-order valence-corrected chi connectivity index (χ4v) is 12.6. The van der Waals surface area contributed by atoms with Crippen LogP contribution in [0.1, 0.15) is 277 Å². The van der Waals surface area contributed by atoms with E-state index in [0.29, 0.717) is 12.8 Å². The van der Waals surface area contributed by atoms with Gasteiger partial charge in [0.1, 0.15) is 73.2 Å². The second-order valence-electron chi connectivity index (χ2n) is 26.7. The van der Waals surface area contributed by atoms with Crippen molar-refractivity contribution in [2.45, 2.75) is 381 Å². The number of rotatable bonds is 58. The highest BCUT2D eigenvalue weighted by atomic mass is 16.8. The molecule has 0 aromatic heterocycles. The highest BCUT2D eigenvalue weighted by Crippen LogP contribution is 2.33. The number of unbranched alkanes of at least 4 members (excludes halogenated alkanes) is 32. The van der Waals surface area contributed by atoms with Crippen LogP contribution < -0.4 is 5.32 Å². The summed E-state index contributed by atoms with van der Waals surface area (Å²) in [7, 11) is 0. The molecule has 19 heteroatoms. The molecule has 548 valence electrons. The summed E-state index contributed by atoms with van der Waals surface area (Å²) in [6.45, 7) is 1.71. The minimum atomic E-state index is -1.97. The van der Waals surface area contributed by atoms with E-state index >= 15 is 0 Å². The topological polar surface area (TPSA) is 307 Å². The molecule has 3 heterocycles. The molecule has 17 atom stereocenters. The fraction of sp³-hybridized carbons (Fsp3) is 0.853. The van der Waals surface area contributed by atoms with Crippen molar-refractivity contribution >= 4 is 5.91 Å². The maximum atomic E-state index is 13.5. The van der Waals surface area contributed by atoms with E-state index in [9.17, 15) is 61.0 Å². The molecule has 3 aliphatic rings. The quantitative estimate of drug-likeness (QED) is 0.0199. The minimum Gasteiger partial charge on any atom is -0.394 e. The first-order valence-corrected chi connectivity index (χ1v) is 37.5. The summed E-state index contributed by atoms with van der Waals surface area (Å²) in [5.74, 6) is -0.245. The van der Waals surface area contributed by atoms with Crippen molar-refractivity contribution in [1.82, 2.24) is 5.32 Å². The summed E-state index contributed by atoms with van der Waals surface area (Å²) in [5, 5.41) is 121. The monoisotopic (exact) mass is 1340 g/mol. The van der Waals surface area contributed by atoms with E-state index in [1.165, 1.54) is 161 Å². The maximum absolute atomic E-state index is 13.5. The van der Waals surface area contributed by atoms with E-state index in [2.05, 4.69) is 79.9 Å². The SMILES string of the molecule is CC/C=C\C/C=C\C/C=C\C/C=C\C/C=C\CCCCCCCCCCCCCC(=O)NC(COC1OC(CO)C(OC2OC(CO)C(OC3OC(CO)C(O)C(O)C3O)C(O)C2O)C(O)C1O)C(O)CCCCCCCCCCCCCCCCCCCCCCCC. The Morgan fingerprint density at radius 2 is 0.734 bits per heavy atom. The van der Waals surface area contributed by atoms with Crippen LogP contribution in [0.3, 0.4) is 0 Å². The predicted octanol–water partition coefficient (Wildman–Crippen LogP) is 11.1. The Morgan fingerprint density at radius 1 is 0.394 bits per heavy atom. The Morgan fingerprint density at radius 3 is 1.15 bits per heavy atom. The molecule has 19 nitrogen and oxygen atoms in total. The number of ether oxygens (including phenoxy) is 6. The van der Waals surface area contributed by atoms with E-state index in [1.54, 1.807) is 0 Å². The van der Waals surface area contributed by atoms with Gasteiger partial charge in [-0.2, -0.15) is 0 Å². The van der Waals surface area contributed by atoms with Gasteiger partial charge in [-0.1, -0.05) is 274 Å². The Hall–Kier alpha value is -2.51. The fourth-order valence-electron chi connectivity index (χ4n) is 12.6. The van der Waals surface area contributed by atoms with Crippen molar-refractivity contribution in [2.24, 2.45) is 0 Å². The van der Waals surface area contributed by atoms with Crippen LogP contribution in [0.15, 0.2) is 60.8 Å². The van der Waals surface area contributed by atoms with Crippen LogP contribution in [0.4, 0.5) is 0 Å². The average Bonchev–Trinajstić information content (AvgIpc) is 0.787. The molecule has 0 aromatic carbocycles. The molecule has 3 rings (SSSR count). The first-order chi connectivity index (χ1) is 45.8. The Labute approximate surface area is 566 Å². The molecule has 0 aromatic rings. The minimum absolute atomic E-state index is 0.245. The molecular formula is C75H135NO18. The second kappa shape index (κ2) is 56.3. The summed E-state index contributed by atoms with van der Waals surface area (Å²) in [6.07, 6.45) is 42.9. The van der Waals surface area contributed by atoms with Crippen molar-refractivity contribution < 1.29 is 89.4 Å². The first kappa shape index (κ1) is 85.7. The molecule has 3 saturated heterocycles. The van der Waals surface area contributed by atoms with Crippen LogP contribution in [0.25, 0.3) is 0 Å². The molecule has 0 spiro atoms. The lowest BCUT2D eigenvalue weighted by atomic mass is 9.96.